The van der Waals surface area contributed by atoms with Gasteiger partial charge in [-0.2, -0.15) is 0 Å². The molecule has 0 radical (unpaired) electrons. The number of carbonyl (C=O) groups excluding carboxylic acids is 1. The zero-order chi connectivity index (χ0) is 8.27. The van der Waals surface area contributed by atoms with E-state index in [-0.39, 0.29) is 25.0 Å². The van der Waals surface area contributed by atoms with Gasteiger partial charge >= 0.3 is 5.97 Å². The molecule has 0 amide bonds. The van der Waals surface area contributed by atoms with Gasteiger partial charge in [0.15, 0.2) is 0 Å². The van der Waals surface area contributed by atoms with Crippen LogP contribution in [0.25, 0.3) is 0 Å². The molecule has 0 aromatic carbocycles. The fourth-order valence-corrected chi connectivity index (χ4v) is 1.01. The summed E-state index contributed by atoms with van der Waals surface area (Å²) in [7, 11) is 1.54. The zero-order valence-electron chi connectivity index (χ0n) is 6.70. The average Bonchev–Trinajstić information content (AvgIpc) is 2.26. The number of hydrogen-bond donors (Lipinski definition) is 0. The van der Waals surface area contributed by atoms with E-state index in [9.17, 15) is 4.79 Å². The molecule has 4 nitrogen and oxygen atoms in total. The molecule has 0 aliphatic carbocycles. The van der Waals surface area contributed by atoms with E-state index < -0.39 is 0 Å². The quantitative estimate of drug-likeness (QED) is 0.440. The molecule has 1 heterocycles. The van der Waals surface area contributed by atoms with Gasteiger partial charge in [-0.1, -0.05) is 0 Å². The maximum absolute atomic E-state index is 10.7. The van der Waals surface area contributed by atoms with E-state index >= 15 is 0 Å². The van der Waals surface area contributed by atoms with Crippen molar-refractivity contribution in [2.24, 2.45) is 0 Å². The van der Waals surface area contributed by atoms with E-state index in [0.717, 1.165) is 0 Å². The first-order valence-corrected chi connectivity index (χ1v) is 3.54. The van der Waals surface area contributed by atoms with E-state index in [1.165, 1.54) is 0 Å². The number of carbonyl (C=O) groups is 1. The standard InChI is InChI=1S/C7H12O4/c1-5-6(10-4-9-2)3-7(8)11-5/h5-6H,3-4H2,1-2H3/t5-,6+/m0/s1. The van der Waals surface area contributed by atoms with Gasteiger partial charge in [0.05, 0.1) is 6.42 Å². The third-order valence-corrected chi connectivity index (χ3v) is 1.61. The summed E-state index contributed by atoms with van der Waals surface area (Å²) >= 11 is 0. The van der Waals surface area contributed by atoms with Crippen molar-refractivity contribution in [3.05, 3.63) is 0 Å². The summed E-state index contributed by atoms with van der Waals surface area (Å²) in [6.07, 6.45) is 0.0601. The fraction of sp³-hybridized carbons (Fsp3) is 0.857. The molecular formula is C7H12O4. The molecule has 0 saturated carbocycles. The fourth-order valence-electron chi connectivity index (χ4n) is 1.01. The SMILES string of the molecule is COCO[C@@H]1CC(=O)O[C@H]1C. The molecule has 1 rings (SSSR count). The molecule has 1 aliphatic rings. The van der Waals surface area contributed by atoms with Gasteiger partial charge in [0, 0.05) is 7.11 Å². The van der Waals surface area contributed by atoms with Gasteiger partial charge in [0.2, 0.25) is 0 Å². The van der Waals surface area contributed by atoms with E-state index in [1.54, 1.807) is 7.11 Å². The number of cyclic esters (lactones) is 1. The second-order valence-corrected chi connectivity index (χ2v) is 2.51. The van der Waals surface area contributed by atoms with E-state index in [0.29, 0.717) is 6.42 Å². The highest BCUT2D eigenvalue weighted by molar-refractivity contribution is 5.72. The molecule has 11 heavy (non-hydrogen) atoms. The summed E-state index contributed by atoms with van der Waals surface area (Å²) in [5.41, 5.74) is 0. The third-order valence-electron chi connectivity index (χ3n) is 1.61. The first-order chi connectivity index (χ1) is 5.24. The van der Waals surface area contributed by atoms with Crippen molar-refractivity contribution in [1.29, 1.82) is 0 Å². The van der Waals surface area contributed by atoms with E-state index in [4.69, 9.17) is 14.2 Å². The van der Waals surface area contributed by atoms with Crippen LogP contribution < -0.4 is 0 Å². The lowest BCUT2D eigenvalue weighted by atomic mass is 10.2. The van der Waals surface area contributed by atoms with Crippen LogP contribution in [0.15, 0.2) is 0 Å². The van der Waals surface area contributed by atoms with Crippen molar-refractivity contribution in [2.45, 2.75) is 25.6 Å². The van der Waals surface area contributed by atoms with Crippen molar-refractivity contribution in [2.75, 3.05) is 13.9 Å². The minimum absolute atomic E-state index is 0.137. The molecule has 1 saturated heterocycles. The third kappa shape index (κ3) is 2.17. The largest absolute Gasteiger partial charge is 0.460 e. The molecule has 0 spiro atoms. The highest BCUT2D eigenvalue weighted by atomic mass is 16.7. The van der Waals surface area contributed by atoms with Crippen LogP contribution in [0.3, 0.4) is 0 Å². The number of ether oxygens (including phenoxy) is 3. The topological polar surface area (TPSA) is 44.8 Å². The van der Waals surface area contributed by atoms with Crippen molar-refractivity contribution in [3.8, 4) is 0 Å². The highest BCUT2D eigenvalue weighted by Gasteiger charge is 2.31. The summed E-state index contributed by atoms with van der Waals surface area (Å²) in [4.78, 5) is 10.7. The Morgan fingerprint density at radius 2 is 2.45 bits per heavy atom. The van der Waals surface area contributed by atoms with Crippen LogP contribution >= 0.6 is 0 Å². The first kappa shape index (κ1) is 8.49. The van der Waals surface area contributed by atoms with Crippen molar-refractivity contribution in [3.63, 3.8) is 0 Å². The minimum Gasteiger partial charge on any atom is -0.460 e. The number of esters is 1. The molecule has 64 valence electrons. The molecule has 0 N–H and O–H groups in total. The first-order valence-electron chi connectivity index (χ1n) is 3.54. The van der Waals surface area contributed by atoms with Gasteiger partial charge in [-0.25, -0.2) is 0 Å². The molecule has 2 atom stereocenters. The normalized spacial score (nSPS) is 30.5. The molecule has 0 aromatic rings. The average molecular weight is 160 g/mol. The second kappa shape index (κ2) is 3.69. The monoisotopic (exact) mass is 160 g/mol. The Labute approximate surface area is 65.4 Å². The predicted molar refractivity (Wildman–Crippen MR) is 36.9 cm³/mol. The van der Waals surface area contributed by atoms with E-state index in [2.05, 4.69) is 0 Å². The maximum atomic E-state index is 10.7. The van der Waals surface area contributed by atoms with Crippen molar-refractivity contribution in [1.82, 2.24) is 0 Å². The van der Waals surface area contributed by atoms with Crippen LogP contribution in [0.4, 0.5) is 0 Å². The van der Waals surface area contributed by atoms with Gasteiger partial charge in [-0.3, -0.25) is 4.79 Å². The van der Waals surface area contributed by atoms with Crippen LogP contribution in [-0.4, -0.2) is 32.1 Å². The van der Waals surface area contributed by atoms with Gasteiger partial charge in [-0.15, -0.1) is 0 Å². The van der Waals surface area contributed by atoms with Crippen LogP contribution in [0.2, 0.25) is 0 Å². The Bertz CT molecular complexity index is 145. The van der Waals surface area contributed by atoms with Crippen LogP contribution in [0.1, 0.15) is 13.3 Å². The Morgan fingerprint density at radius 1 is 1.73 bits per heavy atom. The Hall–Kier alpha value is -0.610. The molecule has 1 fully saturated rings. The lowest BCUT2D eigenvalue weighted by Crippen LogP contribution is -2.22. The van der Waals surface area contributed by atoms with E-state index in [1.807, 2.05) is 6.92 Å². The summed E-state index contributed by atoms with van der Waals surface area (Å²) in [6.45, 7) is 2.02. The lowest BCUT2D eigenvalue weighted by Gasteiger charge is -2.12. The number of hydrogen-bond acceptors (Lipinski definition) is 4. The lowest BCUT2D eigenvalue weighted by molar-refractivity contribution is -0.141. The predicted octanol–water partition coefficient (Wildman–Crippen LogP) is 0.311. The summed E-state index contributed by atoms with van der Waals surface area (Å²) in [5, 5.41) is 0. The molecule has 0 unspecified atom stereocenters. The van der Waals surface area contributed by atoms with Gasteiger partial charge in [-0.05, 0) is 6.92 Å². The van der Waals surface area contributed by atoms with Crippen LogP contribution in [0.5, 0.6) is 0 Å². The van der Waals surface area contributed by atoms with Gasteiger partial charge in [0.1, 0.15) is 19.0 Å². The summed E-state index contributed by atoms with van der Waals surface area (Å²) < 4.78 is 14.7. The Kier molecular flexibility index (Phi) is 2.84. The molecule has 1 aliphatic heterocycles. The van der Waals surface area contributed by atoms with Crippen molar-refractivity contribution < 1.29 is 19.0 Å². The van der Waals surface area contributed by atoms with Crippen LogP contribution in [-0.2, 0) is 19.0 Å². The molecule has 0 bridgehead atoms. The summed E-state index contributed by atoms with van der Waals surface area (Å²) in [5.74, 6) is -0.196. The summed E-state index contributed by atoms with van der Waals surface area (Å²) in [6, 6.07) is 0. The van der Waals surface area contributed by atoms with Gasteiger partial charge in [0.25, 0.3) is 0 Å². The number of rotatable bonds is 3. The Balaban J connectivity index is 2.28. The van der Waals surface area contributed by atoms with Crippen LogP contribution in [0, 0.1) is 0 Å². The molecule has 4 heteroatoms. The molecule has 0 aromatic heterocycles. The van der Waals surface area contributed by atoms with Crippen molar-refractivity contribution >= 4 is 5.97 Å². The second-order valence-electron chi connectivity index (χ2n) is 2.51. The molecular weight excluding hydrogens is 148 g/mol. The smallest absolute Gasteiger partial charge is 0.308 e. The Morgan fingerprint density at radius 3 is 2.91 bits per heavy atom. The zero-order valence-corrected chi connectivity index (χ0v) is 6.70. The maximum Gasteiger partial charge on any atom is 0.308 e. The minimum atomic E-state index is -0.196. The number of methoxy groups -OCH3 is 1. The highest BCUT2D eigenvalue weighted by Crippen LogP contribution is 2.17. The van der Waals surface area contributed by atoms with Gasteiger partial charge < -0.3 is 14.2 Å².